The number of aromatic nitrogens is 1. The number of nitrogens with zero attached hydrogens (tertiary/aromatic N) is 2. The molecule has 0 aliphatic carbocycles. The molecule has 0 spiro atoms. The van der Waals surface area contributed by atoms with Crippen LogP contribution in [0.1, 0.15) is 28.7 Å². The zero-order valence-corrected chi connectivity index (χ0v) is 13.1. The standard InChI is InChI=1S/C19H18N2O/c1-11-6-7-15(21-10-11)17-13(3)9-12(2)16-14-5-4-8-20-19(14)22-18(16)17/h6-10H,4-5H2,1-3H3. The molecule has 1 aromatic carbocycles. The average Bonchev–Trinajstić information content (AvgIpc) is 2.88. The third kappa shape index (κ3) is 1.89. The summed E-state index contributed by atoms with van der Waals surface area (Å²) in [4.78, 5) is 9.03. The first-order chi connectivity index (χ1) is 10.6. The summed E-state index contributed by atoms with van der Waals surface area (Å²) >= 11 is 0. The summed E-state index contributed by atoms with van der Waals surface area (Å²) in [6.07, 6.45) is 5.82. The van der Waals surface area contributed by atoms with Gasteiger partial charge in [0.25, 0.3) is 0 Å². The van der Waals surface area contributed by atoms with Gasteiger partial charge >= 0.3 is 0 Å². The Bertz CT molecular complexity index is 902. The molecule has 3 nitrogen and oxygen atoms in total. The summed E-state index contributed by atoms with van der Waals surface area (Å²) in [5, 5.41) is 1.22. The third-order valence-electron chi connectivity index (χ3n) is 4.33. The largest absolute Gasteiger partial charge is 0.437 e. The van der Waals surface area contributed by atoms with Crippen molar-refractivity contribution in [1.29, 1.82) is 0 Å². The molecule has 3 heteroatoms. The summed E-state index contributed by atoms with van der Waals surface area (Å²) in [7, 11) is 0. The molecule has 1 aliphatic heterocycles. The highest BCUT2D eigenvalue weighted by molar-refractivity contribution is 6.00. The topological polar surface area (TPSA) is 38.4 Å². The number of rotatable bonds is 1. The van der Waals surface area contributed by atoms with Crippen LogP contribution in [0.25, 0.3) is 22.2 Å². The molecule has 0 amide bonds. The van der Waals surface area contributed by atoms with Gasteiger partial charge in [-0.1, -0.05) is 12.1 Å². The van der Waals surface area contributed by atoms with E-state index >= 15 is 0 Å². The van der Waals surface area contributed by atoms with E-state index in [1.165, 1.54) is 22.1 Å². The molecular weight excluding hydrogens is 272 g/mol. The lowest BCUT2D eigenvalue weighted by Gasteiger charge is -2.09. The van der Waals surface area contributed by atoms with E-state index in [1.54, 1.807) is 0 Å². The molecule has 0 atom stereocenters. The van der Waals surface area contributed by atoms with Crippen LogP contribution in [0, 0.1) is 20.8 Å². The molecule has 110 valence electrons. The number of aryl methyl sites for hydroxylation is 4. The molecule has 3 heterocycles. The highest BCUT2D eigenvalue weighted by atomic mass is 16.3. The van der Waals surface area contributed by atoms with E-state index in [2.05, 4.69) is 48.9 Å². The van der Waals surface area contributed by atoms with E-state index in [0.717, 1.165) is 41.1 Å². The van der Waals surface area contributed by atoms with E-state index in [9.17, 15) is 0 Å². The number of benzene rings is 1. The monoisotopic (exact) mass is 290 g/mol. The Balaban J connectivity index is 2.08. The second kappa shape index (κ2) is 4.80. The van der Waals surface area contributed by atoms with Crippen LogP contribution in [0.4, 0.5) is 5.88 Å². The second-order valence-electron chi connectivity index (χ2n) is 6.05. The van der Waals surface area contributed by atoms with E-state index in [0.29, 0.717) is 0 Å². The van der Waals surface area contributed by atoms with Crippen LogP contribution < -0.4 is 0 Å². The third-order valence-corrected chi connectivity index (χ3v) is 4.33. The van der Waals surface area contributed by atoms with Gasteiger partial charge in [0.05, 0.1) is 5.69 Å². The van der Waals surface area contributed by atoms with Crippen LogP contribution in [0.5, 0.6) is 0 Å². The first-order valence-electron chi connectivity index (χ1n) is 7.66. The van der Waals surface area contributed by atoms with Crippen LogP contribution in [0.15, 0.2) is 33.8 Å². The molecule has 2 aromatic heterocycles. The van der Waals surface area contributed by atoms with Gasteiger partial charge in [0, 0.05) is 28.9 Å². The van der Waals surface area contributed by atoms with Crippen LogP contribution >= 0.6 is 0 Å². The lowest BCUT2D eigenvalue weighted by atomic mass is 9.95. The molecular formula is C19H18N2O. The van der Waals surface area contributed by atoms with Crippen molar-refractivity contribution in [3.05, 3.63) is 46.6 Å². The van der Waals surface area contributed by atoms with Gasteiger partial charge in [0.1, 0.15) is 5.58 Å². The Labute approximate surface area is 129 Å². The van der Waals surface area contributed by atoms with Gasteiger partial charge in [0.15, 0.2) is 0 Å². The molecule has 0 bridgehead atoms. The van der Waals surface area contributed by atoms with Gasteiger partial charge in [-0.3, -0.25) is 4.98 Å². The quantitative estimate of drug-likeness (QED) is 0.627. The highest BCUT2D eigenvalue weighted by Gasteiger charge is 2.22. The van der Waals surface area contributed by atoms with Crippen LogP contribution in [-0.2, 0) is 6.42 Å². The van der Waals surface area contributed by atoms with E-state index in [-0.39, 0.29) is 0 Å². The Morgan fingerprint density at radius 3 is 2.73 bits per heavy atom. The first kappa shape index (κ1) is 13.3. The van der Waals surface area contributed by atoms with Gasteiger partial charge in [-0.05, 0) is 56.4 Å². The summed E-state index contributed by atoms with van der Waals surface area (Å²) in [5.41, 5.74) is 7.82. The predicted octanol–water partition coefficient (Wildman–Crippen LogP) is 5.07. The maximum atomic E-state index is 6.13. The normalized spacial score (nSPS) is 13.6. The van der Waals surface area contributed by atoms with Gasteiger partial charge in [0.2, 0.25) is 5.88 Å². The molecule has 0 unspecified atom stereocenters. The maximum Gasteiger partial charge on any atom is 0.222 e. The minimum Gasteiger partial charge on any atom is -0.437 e. The van der Waals surface area contributed by atoms with Gasteiger partial charge in [-0.15, -0.1) is 0 Å². The maximum absolute atomic E-state index is 6.13. The summed E-state index contributed by atoms with van der Waals surface area (Å²) in [6.45, 7) is 6.32. The summed E-state index contributed by atoms with van der Waals surface area (Å²) in [5.74, 6) is 0.767. The van der Waals surface area contributed by atoms with Crippen LogP contribution in [0.3, 0.4) is 0 Å². The lowest BCUT2D eigenvalue weighted by molar-refractivity contribution is 0.619. The highest BCUT2D eigenvalue weighted by Crippen LogP contribution is 2.42. The average molecular weight is 290 g/mol. The second-order valence-corrected chi connectivity index (χ2v) is 6.05. The van der Waals surface area contributed by atoms with Crippen molar-refractivity contribution in [2.75, 3.05) is 0 Å². The fraction of sp³-hybridized carbons (Fsp3) is 0.263. The molecule has 0 fully saturated rings. The first-order valence-corrected chi connectivity index (χ1v) is 7.66. The van der Waals surface area contributed by atoms with Crippen molar-refractivity contribution in [2.45, 2.75) is 33.6 Å². The summed E-state index contributed by atoms with van der Waals surface area (Å²) < 4.78 is 6.13. The molecule has 22 heavy (non-hydrogen) atoms. The van der Waals surface area contributed by atoms with Crippen LogP contribution in [0.2, 0.25) is 0 Å². The Kier molecular flexibility index (Phi) is 2.89. The molecule has 0 saturated carbocycles. The minimum atomic E-state index is 0.767. The smallest absolute Gasteiger partial charge is 0.222 e. The van der Waals surface area contributed by atoms with Crippen molar-refractivity contribution in [1.82, 2.24) is 4.98 Å². The number of aliphatic imine (C=N–C) groups is 1. The number of hydrogen-bond donors (Lipinski definition) is 0. The Morgan fingerprint density at radius 2 is 1.95 bits per heavy atom. The predicted molar refractivity (Wildman–Crippen MR) is 90.1 cm³/mol. The minimum absolute atomic E-state index is 0.767. The number of pyridine rings is 1. The zero-order chi connectivity index (χ0) is 15.3. The fourth-order valence-corrected chi connectivity index (χ4v) is 3.32. The lowest BCUT2D eigenvalue weighted by Crippen LogP contribution is -1.94. The van der Waals surface area contributed by atoms with E-state index < -0.39 is 0 Å². The number of hydrogen-bond acceptors (Lipinski definition) is 3. The van der Waals surface area contributed by atoms with Gasteiger partial charge in [-0.2, -0.15) is 0 Å². The van der Waals surface area contributed by atoms with Crippen molar-refractivity contribution < 1.29 is 4.42 Å². The van der Waals surface area contributed by atoms with Crippen molar-refractivity contribution >= 4 is 23.1 Å². The van der Waals surface area contributed by atoms with E-state index in [4.69, 9.17) is 4.42 Å². The Morgan fingerprint density at radius 1 is 1.09 bits per heavy atom. The molecule has 0 radical (unpaired) electrons. The molecule has 0 N–H and O–H groups in total. The van der Waals surface area contributed by atoms with Crippen molar-refractivity contribution in [3.63, 3.8) is 0 Å². The SMILES string of the molecule is Cc1ccc(-c2c(C)cc(C)c3c4c(oc23)N=CCC4)nc1. The molecule has 1 aliphatic rings. The molecule has 4 rings (SSSR count). The number of fused-ring (bicyclic) bond motifs is 3. The van der Waals surface area contributed by atoms with Crippen molar-refractivity contribution in [2.24, 2.45) is 4.99 Å². The Hall–Kier alpha value is -2.42. The van der Waals surface area contributed by atoms with E-state index in [1.807, 2.05) is 12.4 Å². The number of furan rings is 1. The van der Waals surface area contributed by atoms with Gasteiger partial charge < -0.3 is 4.42 Å². The fourth-order valence-electron chi connectivity index (χ4n) is 3.32. The summed E-state index contributed by atoms with van der Waals surface area (Å²) in [6, 6.07) is 6.39. The van der Waals surface area contributed by atoms with Gasteiger partial charge in [-0.25, -0.2) is 4.99 Å². The van der Waals surface area contributed by atoms with Crippen LogP contribution in [-0.4, -0.2) is 11.2 Å². The molecule has 0 saturated heterocycles. The van der Waals surface area contributed by atoms with Crippen molar-refractivity contribution in [3.8, 4) is 11.3 Å². The zero-order valence-electron chi connectivity index (χ0n) is 13.1. The molecule has 3 aromatic rings.